The summed E-state index contributed by atoms with van der Waals surface area (Å²) in [5.74, 6) is -4.57. The second-order valence-electron chi connectivity index (χ2n) is 6.39. The predicted octanol–water partition coefficient (Wildman–Crippen LogP) is 2.69. The van der Waals surface area contributed by atoms with Crippen LogP contribution in [-0.2, 0) is 9.84 Å². The average Bonchev–Trinajstić information content (AvgIpc) is 3.05. The number of hydrogen-bond acceptors (Lipinski definition) is 7. The number of benzene rings is 2. The Balaban J connectivity index is 2.70. The molecule has 0 saturated heterocycles. The Kier molecular flexibility index (Phi) is 5.38. The number of aromatic carboxylic acids is 1. The number of nitrogens with two attached hydrogens (primary N) is 1. The number of phenols is 1. The Morgan fingerprint density at radius 3 is 2.42 bits per heavy atom. The molecule has 0 radical (unpaired) electrons. The molecule has 162 valence electrons. The van der Waals surface area contributed by atoms with Gasteiger partial charge in [-0.3, -0.25) is 14.9 Å². The topological polar surface area (TPSA) is 194 Å². The highest BCUT2D eigenvalue weighted by Gasteiger charge is 2.37. The van der Waals surface area contributed by atoms with Gasteiger partial charge in [0.15, 0.2) is 9.84 Å². The number of carboxylic acid groups (broad SMARTS) is 1. The summed E-state index contributed by atoms with van der Waals surface area (Å²) in [6.45, 7) is 1.26. The number of aromatic hydroxyl groups is 1. The number of nitro groups is 1. The Bertz CT molecular complexity index is 1390. The van der Waals surface area contributed by atoms with Gasteiger partial charge in [-0.1, -0.05) is 18.5 Å². The number of rotatable bonds is 6. The number of halogens is 1. The third kappa shape index (κ3) is 3.55. The molecule has 31 heavy (non-hydrogen) atoms. The van der Waals surface area contributed by atoms with Gasteiger partial charge in [-0.05, 0) is 24.3 Å². The van der Waals surface area contributed by atoms with Gasteiger partial charge >= 0.3 is 11.7 Å². The number of primary amides is 1. The first-order valence-corrected chi connectivity index (χ1v) is 10.6. The van der Waals surface area contributed by atoms with E-state index in [0.717, 1.165) is 0 Å². The Morgan fingerprint density at radius 1 is 1.26 bits per heavy atom. The van der Waals surface area contributed by atoms with Gasteiger partial charge in [-0.25, -0.2) is 13.2 Å². The molecule has 5 N–H and O–H groups in total. The standard InChI is InChI=1S/C18H14ClN3O8S/c1-2-31(29,30)11-6-9(17(20)24)16(23)15(22(27)28)13(11)12-8-5-7(19)3-4-10(8)21-14(12)18(25)26/h3-6,21,23H,2H2,1H3,(H2,20,24)(H,25,26). The fourth-order valence-electron chi connectivity index (χ4n) is 3.23. The summed E-state index contributed by atoms with van der Waals surface area (Å²) in [5, 5.41) is 32.2. The van der Waals surface area contributed by atoms with E-state index < -0.39 is 65.5 Å². The van der Waals surface area contributed by atoms with E-state index in [1.807, 2.05) is 0 Å². The molecule has 2 aromatic carbocycles. The second-order valence-corrected chi connectivity index (χ2v) is 9.07. The van der Waals surface area contributed by atoms with Gasteiger partial charge < -0.3 is 20.9 Å². The third-order valence-corrected chi connectivity index (χ3v) is 6.61. The molecule has 0 aliphatic carbocycles. The van der Waals surface area contributed by atoms with Crippen molar-refractivity contribution >= 4 is 49.9 Å². The Labute approximate surface area is 179 Å². The van der Waals surface area contributed by atoms with Gasteiger partial charge in [0, 0.05) is 21.5 Å². The van der Waals surface area contributed by atoms with Gasteiger partial charge in [-0.2, -0.15) is 0 Å². The highest BCUT2D eigenvalue weighted by Crippen LogP contribution is 2.48. The van der Waals surface area contributed by atoms with Crippen LogP contribution in [0, 0.1) is 10.1 Å². The first-order valence-electron chi connectivity index (χ1n) is 8.52. The van der Waals surface area contributed by atoms with Crippen LogP contribution in [0.25, 0.3) is 22.0 Å². The first-order chi connectivity index (χ1) is 14.4. The van der Waals surface area contributed by atoms with Crippen molar-refractivity contribution in [1.82, 2.24) is 4.98 Å². The number of fused-ring (bicyclic) bond motifs is 1. The minimum Gasteiger partial charge on any atom is -0.502 e. The lowest BCUT2D eigenvalue weighted by Gasteiger charge is -2.14. The summed E-state index contributed by atoms with van der Waals surface area (Å²) in [6.07, 6.45) is 0. The van der Waals surface area contributed by atoms with Gasteiger partial charge in [0.05, 0.1) is 26.7 Å². The quantitative estimate of drug-likeness (QED) is 0.313. The summed E-state index contributed by atoms with van der Waals surface area (Å²) in [6, 6.07) is 4.83. The van der Waals surface area contributed by atoms with E-state index in [-0.39, 0.29) is 21.5 Å². The van der Waals surface area contributed by atoms with Crippen molar-refractivity contribution < 1.29 is 33.1 Å². The summed E-state index contributed by atoms with van der Waals surface area (Å²) in [4.78, 5) is 36.2. The summed E-state index contributed by atoms with van der Waals surface area (Å²) in [7, 11) is -4.27. The molecule has 13 heteroatoms. The molecule has 0 atom stereocenters. The SMILES string of the molecule is CCS(=O)(=O)c1cc(C(N)=O)c(O)c([N+](=O)[O-])c1-c1c(C(=O)O)[nH]c2ccc(Cl)cc12. The number of hydrogen-bond donors (Lipinski definition) is 4. The van der Waals surface area contributed by atoms with E-state index in [9.17, 15) is 38.3 Å². The minimum absolute atomic E-state index is 0.0618. The van der Waals surface area contributed by atoms with Crippen LogP contribution in [0.5, 0.6) is 5.75 Å². The van der Waals surface area contributed by atoms with Crippen LogP contribution in [0.4, 0.5) is 5.69 Å². The summed E-state index contributed by atoms with van der Waals surface area (Å²) >= 11 is 6.00. The van der Waals surface area contributed by atoms with E-state index >= 15 is 0 Å². The van der Waals surface area contributed by atoms with Crippen molar-refractivity contribution in [3.05, 3.63) is 50.7 Å². The van der Waals surface area contributed by atoms with Crippen LogP contribution in [-0.4, -0.2) is 46.2 Å². The summed E-state index contributed by atoms with van der Waals surface area (Å²) < 4.78 is 25.6. The highest BCUT2D eigenvalue weighted by molar-refractivity contribution is 7.91. The molecule has 3 aromatic rings. The molecule has 11 nitrogen and oxygen atoms in total. The van der Waals surface area contributed by atoms with E-state index in [2.05, 4.69) is 4.98 Å². The molecule has 0 aliphatic heterocycles. The van der Waals surface area contributed by atoms with Gasteiger partial charge in [0.1, 0.15) is 5.69 Å². The maximum absolute atomic E-state index is 12.8. The predicted molar refractivity (Wildman–Crippen MR) is 110 cm³/mol. The lowest BCUT2D eigenvalue weighted by molar-refractivity contribution is -0.385. The molecule has 1 aromatic heterocycles. The summed E-state index contributed by atoms with van der Waals surface area (Å²) in [5.41, 5.74) is 1.75. The molecule has 0 fully saturated rings. The normalized spacial score (nSPS) is 11.5. The molecular formula is C18H14ClN3O8S. The molecule has 0 bridgehead atoms. The van der Waals surface area contributed by atoms with Crippen molar-refractivity contribution in [2.45, 2.75) is 11.8 Å². The zero-order valence-electron chi connectivity index (χ0n) is 15.7. The van der Waals surface area contributed by atoms with E-state index in [0.29, 0.717) is 6.07 Å². The van der Waals surface area contributed by atoms with Crippen LogP contribution in [0.3, 0.4) is 0 Å². The number of aromatic nitrogens is 1. The maximum Gasteiger partial charge on any atom is 0.352 e. The fraction of sp³-hybridized carbons (Fsp3) is 0.111. The van der Waals surface area contributed by atoms with Crippen LogP contribution >= 0.6 is 11.6 Å². The van der Waals surface area contributed by atoms with E-state index in [1.165, 1.54) is 25.1 Å². The lowest BCUT2D eigenvalue weighted by atomic mass is 9.97. The molecule has 0 saturated carbocycles. The smallest absolute Gasteiger partial charge is 0.352 e. The number of carbonyl (C=O) groups is 2. The van der Waals surface area contributed by atoms with Gasteiger partial charge in [0.25, 0.3) is 5.91 Å². The van der Waals surface area contributed by atoms with Gasteiger partial charge in [0.2, 0.25) is 5.75 Å². The first kappa shape index (κ1) is 22.1. The van der Waals surface area contributed by atoms with Crippen molar-refractivity contribution in [3.63, 3.8) is 0 Å². The molecule has 1 heterocycles. The molecule has 3 rings (SSSR count). The number of nitrogens with one attached hydrogen (secondary N) is 1. The van der Waals surface area contributed by atoms with Crippen molar-refractivity contribution in [2.75, 3.05) is 5.75 Å². The van der Waals surface area contributed by atoms with E-state index in [1.54, 1.807) is 0 Å². The Morgan fingerprint density at radius 2 is 1.90 bits per heavy atom. The van der Waals surface area contributed by atoms with E-state index in [4.69, 9.17) is 17.3 Å². The number of aromatic amines is 1. The highest BCUT2D eigenvalue weighted by atomic mass is 35.5. The van der Waals surface area contributed by atoms with Gasteiger partial charge in [-0.15, -0.1) is 0 Å². The largest absolute Gasteiger partial charge is 0.502 e. The number of nitrogens with zero attached hydrogens (tertiary/aromatic N) is 1. The number of carbonyl (C=O) groups excluding carboxylic acids is 1. The monoisotopic (exact) mass is 467 g/mol. The van der Waals surface area contributed by atoms with Crippen molar-refractivity contribution in [2.24, 2.45) is 5.73 Å². The average molecular weight is 468 g/mol. The minimum atomic E-state index is -4.27. The fourth-order valence-corrected chi connectivity index (χ4v) is 4.52. The number of amides is 1. The van der Waals surface area contributed by atoms with Crippen LogP contribution < -0.4 is 5.73 Å². The number of H-pyrrole nitrogens is 1. The molecule has 0 unspecified atom stereocenters. The third-order valence-electron chi connectivity index (χ3n) is 4.63. The number of carboxylic acids is 1. The van der Waals surface area contributed by atoms with Crippen molar-refractivity contribution in [3.8, 4) is 16.9 Å². The number of sulfone groups is 1. The zero-order chi connectivity index (χ0) is 23.2. The second kappa shape index (κ2) is 7.56. The molecule has 1 amide bonds. The van der Waals surface area contributed by atoms with Crippen molar-refractivity contribution in [1.29, 1.82) is 0 Å². The number of nitro benzene ring substituents is 1. The maximum atomic E-state index is 12.8. The molecule has 0 aliphatic rings. The molecule has 0 spiro atoms. The van der Waals surface area contributed by atoms with Crippen LogP contribution in [0.2, 0.25) is 5.02 Å². The lowest BCUT2D eigenvalue weighted by Crippen LogP contribution is -2.16. The Hall–Kier alpha value is -3.64. The van der Waals surface area contributed by atoms with Crippen LogP contribution in [0.15, 0.2) is 29.2 Å². The molecular weight excluding hydrogens is 454 g/mol. The van der Waals surface area contributed by atoms with Crippen LogP contribution in [0.1, 0.15) is 27.8 Å². The zero-order valence-corrected chi connectivity index (χ0v) is 17.2.